The molecule has 0 unspecified atom stereocenters. The van der Waals surface area contributed by atoms with Gasteiger partial charge in [0.1, 0.15) is 11.6 Å². The number of para-hydroxylation sites is 1. The molecule has 1 amide bonds. The maximum atomic E-state index is 12.8. The third-order valence-corrected chi connectivity index (χ3v) is 4.67. The zero-order valence-corrected chi connectivity index (χ0v) is 15.0. The number of oxazole rings is 1. The quantitative estimate of drug-likeness (QED) is 0.780. The van der Waals surface area contributed by atoms with Crippen molar-refractivity contribution in [3.63, 3.8) is 0 Å². The SMILES string of the molecule is CN(C)c1nc2cc(NC(=O)[C@H]3CCCN3c3ccccc3)ccc2o1. The van der Waals surface area contributed by atoms with Crippen molar-refractivity contribution in [3.05, 3.63) is 48.5 Å². The Labute approximate surface area is 152 Å². The Hall–Kier alpha value is -3.02. The molecule has 1 atom stereocenters. The summed E-state index contributed by atoms with van der Waals surface area (Å²) in [6, 6.07) is 16.0. The molecule has 1 fully saturated rings. The molecule has 0 aliphatic carbocycles. The third-order valence-electron chi connectivity index (χ3n) is 4.67. The number of amides is 1. The lowest BCUT2D eigenvalue weighted by Gasteiger charge is -2.25. The van der Waals surface area contributed by atoms with E-state index in [1.807, 2.05) is 55.4 Å². The normalized spacial score (nSPS) is 16.8. The van der Waals surface area contributed by atoms with E-state index in [-0.39, 0.29) is 11.9 Å². The van der Waals surface area contributed by atoms with Crippen molar-refractivity contribution in [2.45, 2.75) is 18.9 Å². The van der Waals surface area contributed by atoms with Crippen LogP contribution in [0.3, 0.4) is 0 Å². The highest BCUT2D eigenvalue weighted by Gasteiger charge is 2.30. The van der Waals surface area contributed by atoms with E-state index in [4.69, 9.17) is 4.42 Å². The number of hydrogen-bond acceptors (Lipinski definition) is 5. The summed E-state index contributed by atoms with van der Waals surface area (Å²) in [6.07, 6.45) is 1.87. The molecule has 1 aliphatic heterocycles. The molecule has 6 heteroatoms. The van der Waals surface area contributed by atoms with Gasteiger partial charge in [-0.1, -0.05) is 18.2 Å². The Kier molecular flexibility index (Phi) is 4.24. The number of nitrogens with zero attached hydrogens (tertiary/aromatic N) is 3. The molecule has 0 spiro atoms. The molecule has 4 rings (SSSR count). The first-order valence-corrected chi connectivity index (χ1v) is 8.82. The van der Waals surface area contributed by atoms with Crippen LogP contribution in [0, 0.1) is 0 Å². The smallest absolute Gasteiger partial charge is 0.297 e. The van der Waals surface area contributed by atoms with Crippen LogP contribution in [0.2, 0.25) is 0 Å². The Balaban J connectivity index is 1.53. The minimum Gasteiger partial charge on any atom is -0.423 e. The molecule has 1 saturated heterocycles. The highest BCUT2D eigenvalue weighted by Crippen LogP contribution is 2.27. The number of aromatic nitrogens is 1. The van der Waals surface area contributed by atoms with Crippen molar-refractivity contribution in [1.29, 1.82) is 0 Å². The van der Waals surface area contributed by atoms with Crippen LogP contribution in [-0.2, 0) is 4.79 Å². The summed E-state index contributed by atoms with van der Waals surface area (Å²) in [5, 5.41) is 3.04. The van der Waals surface area contributed by atoms with Gasteiger partial charge in [-0.15, -0.1) is 0 Å². The van der Waals surface area contributed by atoms with Crippen molar-refractivity contribution in [2.24, 2.45) is 0 Å². The molecule has 3 aromatic rings. The van der Waals surface area contributed by atoms with E-state index in [1.165, 1.54) is 0 Å². The zero-order chi connectivity index (χ0) is 18.1. The topological polar surface area (TPSA) is 61.6 Å². The zero-order valence-electron chi connectivity index (χ0n) is 15.0. The maximum Gasteiger partial charge on any atom is 0.297 e. The number of carbonyl (C=O) groups is 1. The van der Waals surface area contributed by atoms with Gasteiger partial charge < -0.3 is 19.5 Å². The minimum absolute atomic E-state index is 0.0158. The molecule has 26 heavy (non-hydrogen) atoms. The predicted octanol–water partition coefficient (Wildman–Crippen LogP) is 3.50. The number of carbonyl (C=O) groups excluding carboxylic acids is 1. The van der Waals surface area contributed by atoms with Gasteiger partial charge in [-0.05, 0) is 43.2 Å². The molecular formula is C20H22N4O2. The second-order valence-electron chi connectivity index (χ2n) is 6.75. The number of benzene rings is 2. The lowest BCUT2D eigenvalue weighted by Crippen LogP contribution is -2.39. The third kappa shape index (κ3) is 3.10. The van der Waals surface area contributed by atoms with E-state index in [0.29, 0.717) is 11.6 Å². The van der Waals surface area contributed by atoms with Gasteiger partial charge in [0, 0.05) is 32.0 Å². The van der Waals surface area contributed by atoms with Gasteiger partial charge in [-0.25, -0.2) is 0 Å². The fourth-order valence-electron chi connectivity index (χ4n) is 3.38. The summed E-state index contributed by atoms with van der Waals surface area (Å²) >= 11 is 0. The Morgan fingerprint density at radius 2 is 2.04 bits per heavy atom. The highest BCUT2D eigenvalue weighted by molar-refractivity contribution is 5.98. The van der Waals surface area contributed by atoms with Crippen molar-refractivity contribution in [3.8, 4) is 0 Å². The van der Waals surface area contributed by atoms with E-state index in [1.54, 1.807) is 0 Å². The van der Waals surface area contributed by atoms with E-state index in [9.17, 15) is 4.79 Å². The van der Waals surface area contributed by atoms with E-state index in [2.05, 4.69) is 27.3 Å². The summed E-state index contributed by atoms with van der Waals surface area (Å²) in [6.45, 7) is 0.899. The van der Waals surface area contributed by atoms with Crippen LogP contribution in [0.25, 0.3) is 11.1 Å². The van der Waals surface area contributed by atoms with Crippen molar-refractivity contribution in [2.75, 3.05) is 35.8 Å². The Bertz CT molecular complexity index is 920. The van der Waals surface area contributed by atoms with Gasteiger partial charge in [0.2, 0.25) is 5.91 Å². The van der Waals surface area contributed by atoms with Crippen molar-refractivity contribution >= 4 is 34.4 Å². The van der Waals surface area contributed by atoms with Gasteiger partial charge in [-0.2, -0.15) is 4.98 Å². The van der Waals surface area contributed by atoms with Crippen LogP contribution in [0.5, 0.6) is 0 Å². The average molecular weight is 350 g/mol. The molecule has 0 radical (unpaired) electrons. The summed E-state index contributed by atoms with van der Waals surface area (Å²) in [7, 11) is 3.76. The van der Waals surface area contributed by atoms with Crippen LogP contribution in [0.15, 0.2) is 52.9 Å². The van der Waals surface area contributed by atoms with Crippen LogP contribution in [0.1, 0.15) is 12.8 Å². The summed E-state index contributed by atoms with van der Waals surface area (Å²) in [5.74, 6) is 0.0158. The van der Waals surface area contributed by atoms with Crippen LogP contribution in [0.4, 0.5) is 17.4 Å². The molecule has 134 valence electrons. The van der Waals surface area contributed by atoms with Crippen LogP contribution >= 0.6 is 0 Å². The van der Waals surface area contributed by atoms with Gasteiger partial charge in [-0.3, -0.25) is 4.79 Å². The lowest BCUT2D eigenvalue weighted by molar-refractivity contribution is -0.117. The molecule has 1 aromatic heterocycles. The summed E-state index contributed by atoms with van der Waals surface area (Å²) < 4.78 is 5.66. The molecule has 0 saturated carbocycles. The van der Waals surface area contributed by atoms with Gasteiger partial charge in [0.25, 0.3) is 6.01 Å². The van der Waals surface area contributed by atoms with Crippen molar-refractivity contribution < 1.29 is 9.21 Å². The number of nitrogens with one attached hydrogen (secondary N) is 1. The largest absolute Gasteiger partial charge is 0.423 e. The average Bonchev–Trinajstić information content (AvgIpc) is 3.29. The summed E-state index contributed by atoms with van der Waals surface area (Å²) in [5.41, 5.74) is 3.27. The number of fused-ring (bicyclic) bond motifs is 1. The first kappa shape index (κ1) is 16.4. The molecular weight excluding hydrogens is 328 g/mol. The molecule has 2 aromatic carbocycles. The second kappa shape index (κ2) is 6.71. The Morgan fingerprint density at radius 3 is 2.81 bits per heavy atom. The Morgan fingerprint density at radius 1 is 1.23 bits per heavy atom. The maximum absolute atomic E-state index is 12.8. The first-order valence-electron chi connectivity index (χ1n) is 8.82. The second-order valence-corrected chi connectivity index (χ2v) is 6.75. The highest BCUT2D eigenvalue weighted by atomic mass is 16.4. The summed E-state index contributed by atoms with van der Waals surface area (Å²) in [4.78, 5) is 21.3. The fraction of sp³-hybridized carbons (Fsp3) is 0.300. The number of rotatable bonds is 4. The molecule has 2 heterocycles. The molecule has 6 nitrogen and oxygen atoms in total. The van der Waals surface area contributed by atoms with Crippen molar-refractivity contribution in [1.82, 2.24) is 4.98 Å². The lowest BCUT2D eigenvalue weighted by atomic mass is 10.2. The van der Waals surface area contributed by atoms with Crippen LogP contribution in [-0.4, -0.2) is 37.6 Å². The van der Waals surface area contributed by atoms with E-state index >= 15 is 0 Å². The van der Waals surface area contributed by atoms with Gasteiger partial charge in [0.15, 0.2) is 5.58 Å². The standard InChI is InChI=1S/C20H22N4O2/c1-23(2)20-22-16-13-14(10-11-18(16)26-20)21-19(25)17-9-6-12-24(17)15-7-4-3-5-8-15/h3-5,7-8,10-11,13,17H,6,9,12H2,1-2H3,(H,21,25)/t17-/m1/s1. The molecule has 1 N–H and O–H groups in total. The van der Waals surface area contributed by atoms with E-state index < -0.39 is 0 Å². The predicted molar refractivity (Wildman–Crippen MR) is 104 cm³/mol. The fourth-order valence-corrected chi connectivity index (χ4v) is 3.38. The first-order chi connectivity index (χ1) is 12.6. The van der Waals surface area contributed by atoms with Gasteiger partial charge >= 0.3 is 0 Å². The number of hydrogen-bond donors (Lipinski definition) is 1. The van der Waals surface area contributed by atoms with Crippen LogP contribution < -0.4 is 15.1 Å². The van der Waals surface area contributed by atoms with Gasteiger partial charge in [0.05, 0.1) is 0 Å². The monoisotopic (exact) mass is 350 g/mol. The van der Waals surface area contributed by atoms with E-state index in [0.717, 1.165) is 36.3 Å². The molecule has 1 aliphatic rings. The minimum atomic E-state index is -0.150. The molecule has 0 bridgehead atoms. The number of anilines is 3.